The van der Waals surface area contributed by atoms with E-state index in [1.807, 2.05) is 0 Å². The van der Waals surface area contributed by atoms with Gasteiger partial charge >= 0.3 is 5.97 Å². The highest BCUT2D eigenvalue weighted by atomic mass is 16.5. The highest BCUT2D eigenvalue weighted by molar-refractivity contribution is 5.69. The third-order valence-corrected chi connectivity index (χ3v) is 2.33. The summed E-state index contributed by atoms with van der Waals surface area (Å²) in [7, 11) is 0. The number of nitrogens with zero attached hydrogens (tertiary/aromatic N) is 1. The Balaban J connectivity index is 1.99. The van der Waals surface area contributed by atoms with Gasteiger partial charge in [-0.25, -0.2) is 0 Å². The van der Waals surface area contributed by atoms with Crippen molar-refractivity contribution in [2.45, 2.75) is 12.8 Å². The van der Waals surface area contributed by atoms with Crippen LogP contribution in [0.2, 0.25) is 0 Å². The molecule has 1 fully saturated rings. The van der Waals surface area contributed by atoms with E-state index in [0.717, 1.165) is 32.8 Å². The van der Waals surface area contributed by atoms with Crippen LogP contribution in [0, 0.1) is 0 Å². The van der Waals surface area contributed by atoms with Gasteiger partial charge in [0.1, 0.15) is 6.61 Å². The van der Waals surface area contributed by atoms with Crippen LogP contribution in [0.3, 0.4) is 0 Å². The fourth-order valence-electron chi connectivity index (χ4n) is 1.41. The van der Waals surface area contributed by atoms with Crippen LogP contribution in [0.1, 0.15) is 12.8 Å². The van der Waals surface area contributed by atoms with Crippen LogP contribution in [0.5, 0.6) is 0 Å². The molecule has 0 aromatic rings. The molecule has 0 aromatic heterocycles. The lowest BCUT2D eigenvalue weighted by molar-refractivity contribution is -0.144. The Morgan fingerprint density at radius 1 is 1.47 bits per heavy atom. The number of carbonyl (C=O) groups excluding carboxylic acids is 1. The molecule has 0 radical (unpaired) electrons. The van der Waals surface area contributed by atoms with Gasteiger partial charge < -0.3 is 9.47 Å². The van der Waals surface area contributed by atoms with Crippen LogP contribution in [0.15, 0.2) is 12.7 Å². The zero-order valence-electron chi connectivity index (χ0n) is 9.11. The van der Waals surface area contributed by atoms with Crippen molar-refractivity contribution in [1.29, 1.82) is 0 Å². The minimum atomic E-state index is -0.136. The van der Waals surface area contributed by atoms with Gasteiger partial charge in [0.25, 0.3) is 0 Å². The fraction of sp³-hybridized carbons (Fsp3) is 0.727. The molecule has 0 saturated carbocycles. The molecule has 15 heavy (non-hydrogen) atoms. The smallest absolute Gasteiger partial charge is 0.306 e. The lowest BCUT2D eigenvalue weighted by atomic mass is 10.3. The van der Waals surface area contributed by atoms with Crippen molar-refractivity contribution in [1.82, 2.24) is 4.90 Å². The van der Waals surface area contributed by atoms with Crippen molar-refractivity contribution in [2.24, 2.45) is 0 Å². The maximum Gasteiger partial charge on any atom is 0.306 e. The third-order valence-electron chi connectivity index (χ3n) is 2.33. The molecule has 0 N–H and O–H groups in total. The molecule has 0 spiro atoms. The SMILES string of the molecule is C=CCCC(=O)OCCN1CCOCC1. The lowest BCUT2D eigenvalue weighted by Gasteiger charge is -2.26. The maximum atomic E-state index is 11.1. The summed E-state index contributed by atoms with van der Waals surface area (Å²) in [6, 6.07) is 0. The summed E-state index contributed by atoms with van der Waals surface area (Å²) in [5, 5.41) is 0. The Bertz CT molecular complexity index is 200. The molecular formula is C11H19NO3. The van der Waals surface area contributed by atoms with Gasteiger partial charge in [-0.15, -0.1) is 6.58 Å². The van der Waals surface area contributed by atoms with Gasteiger partial charge in [0.05, 0.1) is 13.2 Å². The molecule has 1 aliphatic rings. The summed E-state index contributed by atoms with van der Waals surface area (Å²) in [4.78, 5) is 13.4. The van der Waals surface area contributed by atoms with Gasteiger partial charge in [-0.1, -0.05) is 6.08 Å². The van der Waals surface area contributed by atoms with E-state index in [-0.39, 0.29) is 5.97 Å². The van der Waals surface area contributed by atoms with Crippen molar-refractivity contribution < 1.29 is 14.3 Å². The van der Waals surface area contributed by atoms with E-state index in [4.69, 9.17) is 9.47 Å². The van der Waals surface area contributed by atoms with E-state index in [0.29, 0.717) is 19.4 Å². The number of rotatable bonds is 6. The third kappa shape index (κ3) is 5.54. The van der Waals surface area contributed by atoms with Crippen molar-refractivity contribution >= 4 is 5.97 Å². The van der Waals surface area contributed by atoms with Crippen molar-refractivity contribution in [3.05, 3.63) is 12.7 Å². The summed E-state index contributed by atoms with van der Waals surface area (Å²) in [5.41, 5.74) is 0. The van der Waals surface area contributed by atoms with Gasteiger partial charge in [-0.3, -0.25) is 9.69 Å². The lowest BCUT2D eigenvalue weighted by Crippen LogP contribution is -2.38. The Labute approximate surface area is 90.8 Å². The largest absolute Gasteiger partial charge is 0.464 e. The number of carbonyl (C=O) groups is 1. The number of hydrogen-bond acceptors (Lipinski definition) is 4. The zero-order valence-corrected chi connectivity index (χ0v) is 9.11. The number of ether oxygens (including phenoxy) is 2. The van der Waals surface area contributed by atoms with Crippen molar-refractivity contribution in [3.63, 3.8) is 0 Å². The molecule has 0 unspecified atom stereocenters. The standard InChI is InChI=1S/C11H19NO3/c1-2-3-4-11(13)15-10-7-12-5-8-14-9-6-12/h2H,1,3-10H2. The van der Waals surface area contributed by atoms with E-state index < -0.39 is 0 Å². The quantitative estimate of drug-likeness (QED) is 0.484. The Morgan fingerprint density at radius 3 is 2.87 bits per heavy atom. The maximum absolute atomic E-state index is 11.1. The Hall–Kier alpha value is -0.870. The minimum absolute atomic E-state index is 0.136. The second-order valence-corrected chi connectivity index (χ2v) is 3.50. The molecule has 0 amide bonds. The number of esters is 1. The van der Waals surface area contributed by atoms with Crippen LogP contribution in [0.25, 0.3) is 0 Å². The summed E-state index contributed by atoms with van der Waals surface area (Å²) >= 11 is 0. The van der Waals surface area contributed by atoms with Crippen LogP contribution in [-0.2, 0) is 14.3 Å². The topological polar surface area (TPSA) is 38.8 Å². The first-order chi connectivity index (χ1) is 7.33. The average Bonchev–Trinajstić information content (AvgIpc) is 2.28. The Kier molecular flexibility index (Phi) is 6.04. The second kappa shape index (κ2) is 7.43. The molecule has 1 saturated heterocycles. The first-order valence-corrected chi connectivity index (χ1v) is 5.39. The molecule has 0 aromatic carbocycles. The molecule has 86 valence electrons. The molecule has 0 bridgehead atoms. The molecule has 1 heterocycles. The van der Waals surface area contributed by atoms with Crippen LogP contribution >= 0.6 is 0 Å². The summed E-state index contributed by atoms with van der Waals surface area (Å²) in [6.07, 6.45) is 2.85. The predicted octanol–water partition coefficient (Wildman–Crippen LogP) is 0.828. The van der Waals surface area contributed by atoms with E-state index in [1.54, 1.807) is 6.08 Å². The van der Waals surface area contributed by atoms with E-state index in [1.165, 1.54) is 0 Å². The van der Waals surface area contributed by atoms with Crippen LogP contribution in [0.4, 0.5) is 0 Å². The minimum Gasteiger partial charge on any atom is -0.464 e. The predicted molar refractivity (Wildman–Crippen MR) is 57.6 cm³/mol. The van der Waals surface area contributed by atoms with E-state index >= 15 is 0 Å². The summed E-state index contributed by atoms with van der Waals surface area (Å²) in [6.45, 7) is 8.28. The summed E-state index contributed by atoms with van der Waals surface area (Å²) in [5.74, 6) is -0.136. The van der Waals surface area contributed by atoms with Gasteiger partial charge in [-0.2, -0.15) is 0 Å². The average molecular weight is 213 g/mol. The highest BCUT2D eigenvalue weighted by Gasteiger charge is 2.10. The van der Waals surface area contributed by atoms with Gasteiger partial charge in [0.2, 0.25) is 0 Å². The Morgan fingerprint density at radius 2 is 2.20 bits per heavy atom. The second-order valence-electron chi connectivity index (χ2n) is 3.50. The van der Waals surface area contributed by atoms with Gasteiger partial charge in [-0.05, 0) is 6.42 Å². The first-order valence-electron chi connectivity index (χ1n) is 5.39. The van der Waals surface area contributed by atoms with E-state index in [2.05, 4.69) is 11.5 Å². The number of morpholine rings is 1. The van der Waals surface area contributed by atoms with E-state index in [9.17, 15) is 4.79 Å². The van der Waals surface area contributed by atoms with Crippen molar-refractivity contribution in [2.75, 3.05) is 39.5 Å². The van der Waals surface area contributed by atoms with Gasteiger partial charge in [0, 0.05) is 26.1 Å². The monoisotopic (exact) mass is 213 g/mol. The highest BCUT2D eigenvalue weighted by Crippen LogP contribution is 1.97. The molecule has 1 aliphatic heterocycles. The first kappa shape index (κ1) is 12.2. The zero-order chi connectivity index (χ0) is 10.9. The number of allylic oxidation sites excluding steroid dienone is 1. The molecule has 0 atom stereocenters. The fourth-order valence-corrected chi connectivity index (χ4v) is 1.41. The van der Waals surface area contributed by atoms with Crippen LogP contribution in [-0.4, -0.2) is 50.3 Å². The molecule has 4 nitrogen and oxygen atoms in total. The molecule has 0 aliphatic carbocycles. The molecule has 4 heteroatoms. The molecular weight excluding hydrogens is 194 g/mol. The van der Waals surface area contributed by atoms with Crippen LogP contribution < -0.4 is 0 Å². The summed E-state index contributed by atoms with van der Waals surface area (Å²) < 4.78 is 10.3. The van der Waals surface area contributed by atoms with Crippen molar-refractivity contribution in [3.8, 4) is 0 Å². The molecule has 1 rings (SSSR count). The number of hydrogen-bond donors (Lipinski definition) is 0. The normalized spacial score (nSPS) is 17.3. The van der Waals surface area contributed by atoms with Gasteiger partial charge in [0.15, 0.2) is 0 Å².